The number of benzene rings is 1. The second-order valence-corrected chi connectivity index (χ2v) is 8.83. The molecule has 0 radical (unpaired) electrons. The first-order valence-corrected chi connectivity index (χ1v) is 9.88. The van der Waals surface area contributed by atoms with Gasteiger partial charge in [-0.2, -0.15) is 0 Å². The third-order valence-corrected chi connectivity index (χ3v) is 4.97. The highest BCUT2D eigenvalue weighted by Crippen LogP contribution is 2.35. The quantitative estimate of drug-likeness (QED) is 0.615. The number of carbonyl (C=O) groups excluding carboxylic acids is 1. The Balaban J connectivity index is 2.14. The molecule has 3 rings (SSSR count). The van der Waals surface area contributed by atoms with Gasteiger partial charge in [0.2, 0.25) is 0 Å². The lowest BCUT2D eigenvalue weighted by Crippen LogP contribution is -2.26. The summed E-state index contributed by atoms with van der Waals surface area (Å²) in [5.74, 6) is 5.46. The van der Waals surface area contributed by atoms with Crippen molar-refractivity contribution in [3.63, 3.8) is 0 Å². The molecular formula is C25H27NO4. The number of esters is 1. The molecule has 0 fully saturated rings. The molecule has 5 heteroatoms. The minimum absolute atomic E-state index is 0.164. The van der Waals surface area contributed by atoms with Gasteiger partial charge in [0.15, 0.2) is 0 Å². The average Bonchev–Trinajstić information content (AvgIpc) is 3.00. The highest BCUT2D eigenvalue weighted by Gasteiger charge is 2.32. The number of fused-ring (bicyclic) bond motifs is 1. The maximum atomic E-state index is 12.9. The first-order valence-electron chi connectivity index (χ1n) is 9.88. The van der Waals surface area contributed by atoms with E-state index >= 15 is 0 Å². The molecule has 0 aliphatic heterocycles. The second-order valence-electron chi connectivity index (χ2n) is 8.83. The molecule has 5 nitrogen and oxygen atoms in total. The summed E-state index contributed by atoms with van der Waals surface area (Å²) in [5, 5.41) is 10.9. The van der Waals surface area contributed by atoms with E-state index in [9.17, 15) is 14.7 Å². The zero-order chi connectivity index (χ0) is 22.3. The van der Waals surface area contributed by atoms with Crippen LogP contribution in [0.5, 0.6) is 0 Å². The largest absolute Gasteiger partial charge is 0.456 e. The van der Waals surface area contributed by atoms with E-state index in [1.807, 2.05) is 25.1 Å². The van der Waals surface area contributed by atoms with Crippen LogP contribution in [-0.2, 0) is 28.6 Å². The van der Waals surface area contributed by atoms with E-state index in [2.05, 4.69) is 11.8 Å². The molecule has 0 saturated carbocycles. The fourth-order valence-electron chi connectivity index (χ4n) is 3.54. The van der Waals surface area contributed by atoms with Crippen LogP contribution in [0.3, 0.4) is 0 Å². The second kappa shape index (κ2) is 7.62. The third kappa shape index (κ3) is 4.24. The van der Waals surface area contributed by atoms with Crippen LogP contribution in [0.1, 0.15) is 56.9 Å². The number of carbonyl (C=O) groups is 1. The van der Waals surface area contributed by atoms with Crippen LogP contribution in [0.25, 0.3) is 5.57 Å². The maximum Gasteiger partial charge on any atom is 0.339 e. The van der Waals surface area contributed by atoms with Gasteiger partial charge in [0.05, 0.1) is 5.57 Å². The number of ether oxygens (including phenoxy) is 1. The molecule has 0 amide bonds. The lowest BCUT2D eigenvalue weighted by Gasteiger charge is -2.21. The molecule has 1 heterocycles. The summed E-state index contributed by atoms with van der Waals surface area (Å²) in [6.07, 6.45) is 1.99. The smallest absolute Gasteiger partial charge is 0.339 e. The van der Waals surface area contributed by atoms with E-state index in [1.165, 1.54) is 4.57 Å². The van der Waals surface area contributed by atoms with Crippen molar-refractivity contribution in [3.8, 4) is 11.8 Å². The van der Waals surface area contributed by atoms with Crippen LogP contribution < -0.4 is 5.56 Å². The standard InChI is InChI=1S/C25H27NO4/c1-16-14-19-21(20(16)23(28)30-24(2,3)4)17(15-26(6)22(19)27)12-13-25(5,29)18-10-8-7-9-11-18/h7-11,15,29H,14H2,1-6H3. The Kier molecular flexibility index (Phi) is 5.49. The van der Waals surface area contributed by atoms with Gasteiger partial charge in [0, 0.05) is 36.4 Å². The molecule has 0 spiro atoms. The van der Waals surface area contributed by atoms with Gasteiger partial charge < -0.3 is 14.4 Å². The van der Waals surface area contributed by atoms with Gasteiger partial charge in [-0.25, -0.2) is 4.79 Å². The van der Waals surface area contributed by atoms with E-state index in [4.69, 9.17) is 4.74 Å². The van der Waals surface area contributed by atoms with E-state index < -0.39 is 17.2 Å². The molecule has 0 saturated heterocycles. The van der Waals surface area contributed by atoms with Crippen molar-refractivity contribution in [2.75, 3.05) is 0 Å². The summed E-state index contributed by atoms with van der Waals surface area (Å²) < 4.78 is 7.05. The summed E-state index contributed by atoms with van der Waals surface area (Å²) >= 11 is 0. The van der Waals surface area contributed by atoms with Crippen molar-refractivity contribution in [2.45, 2.75) is 52.2 Å². The Morgan fingerprint density at radius 3 is 2.40 bits per heavy atom. The van der Waals surface area contributed by atoms with Crippen molar-refractivity contribution < 1.29 is 14.6 Å². The van der Waals surface area contributed by atoms with Crippen molar-refractivity contribution in [2.24, 2.45) is 7.05 Å². The highest BCUT2D eigenvalue weighted by atomic mass is 16.6. The number of hydrogen-bond donors (Lipinski definition) is 1. The topological polar surface area (TPSA) is 68.5 Å². The van der Waals surface area contributed by atoms with Crippen molar-refractivity contribution in [3.05, 3.63) is 74.7 Å². The molecule has 2 aromatic rings. The Bertz CT molecular complexity index is 1150. The van der Waals surface area contributed by atoms with Crippen molar-refractivity contribution >= 4 is 11.5 Å². The maximum absolute atomic E-state index is 12.9. The van der Waals surface area contributed by atoms with Gasteiger partial charge in [0.1, 0.15) is 11.2 Å². The van der Waals surface area contributed by atoms with Gasteiger partial charge in [-0.1, -0.05) is 47.7 Å². The summed E-state index contributed by atoms with van der Waals surface area (Å²) in [6, 6.07) is 9.14. The molecule has 1 atom stereocenters. The number of allylic oxidation sites excluding steroid dienone is 1. The zero-order valence-corrected chi connectivity index (χ0v) is 18.3. The summed E-state index contributed by atoms with van der Waals surface area (Å²) in [7, 11) is 1.66. The van der Waals surface area contributed by atoms with E-state index in [1.54, 1.807) is 53.1 Å². The molecule has 1 aliphatic rings. The number of nitrogens with zero attached hydrogens (tertiary/aromatic N) is 1. The summed E-state index contributed by atoms with van der Waals surface area (Å²) in [4.78, 5) is 25.6. The van der Waals surface area contributed by atoms with Crippen molar-refractivity contribution in [1.82, 2.24) is 4.57 Å². The lowest BCUT2D eigenvalue weighted by molar-refractivity contribution is -0.147. The van der Waals surface area contributed by atoms with Crippen molar-refractivity contribution in [1.29, 1.82) is 0 Å². The minimum atomic E-state index is -1.38. The number of hydrogen-bond acceptors (Lipinski definition) is 4. The lowest BCUT2D eigenvalue weighted by atomic mass is 9.95. The molecule has 1 N–H and O–H groups in total. The highest BCUT2D eigenvalue weighted by molar-refractivity contribution is 6.20. The summed E-state index contributed by atoms with van der Waals surface area (Å²) in [6.45, 7) is 8.86. The Hall–Kier alpha value is -3.10. The van der Waals surface area contributed by atoms with Crippen LogP contribution in [0.2, 0.25) is 0 Å². The molecule has 1 aromatic heterocycles. The first kappa shape index (κ1) is 21.6. The van der Waals surface area contributed by atoms with E-state index in [0.717, 1.165) is 5.57 Å². The normalized spacial score (nSPS) is 15.2. The zero-order valence-electron chi connectivity index (χ0n) is 18.3. The fraction of sp³-hybridized carbons (Fsp3) is 0.360. The molecule has 1 aromatic carbocycles. The molecule has 1 aliphatic carbocycles. The number of pyridine rings is 1. The van der Waals surface area contributed by atoms with Gasteiger partial charge in [-0.3, -0.25) is 4.79 Å². The van der Waals surface area contributed by atoms with Gasteiger partial charge in [0.25, 0.3) is 5.56 Å². The molecule has 156 valence electrons. The number of rotatable bonds is 2. The third-order valence-electron chi connectivity index (χ3n) is 4.97. The Morgan fingerprint density at radius 2 is 1.80 bits per heavy atom. The predicted molar refractivity (Wildman–Crippen MR) is 117 cm³/mol. The molecule has 0 bridgehead atoms. The number of aryl methyl sites for hydroxylation is 1. The number of aliphatic hydroxyl groups is 1. The number of aromatic nitrogens is 1. The molecular weight excluding hydrogens is 378 g/mol. The van der Waals surface area contributed by atoms with Gasteiger partial charge in [-0.05, 0) is 40.2 Å². The Labute approximate surface area is 177 Å². The van der Waals surface area contributed by atoms with Crippen LogP contribution in [0, 0.1) is 11.8 Å². The summed E-state index contributed by atoms with van der Waals surface area (Å²) in [5.41, 5.74) is 1.19. The average molecular weight is 405 g/mol. The van der Waals surface area contributed by atoms with Crippen LogP contribution in [0.15, 0.2) is 46.9 Å². The first-order chi connectivity index (χ1) is 13.9. The monoisotopic (exact) mass is 405 g/mol. The van der Waals surface area contributed by atoms with E-state index in [0.29, 0.717) is 34.2 Å². The van der Waals surface area contributed by atoms with Crippen LogP contribution >= 0.6 is 0 Å². The SMILES string of the molecule is CC1=C(C(=O)OC(C)(C)C)c2c(C#CC(C)(O)c3ccccc3)cn(C)c(=O)c2C1. The van der Waals surface area contributed by atoms with Crippen LogP contribution in [0.4, 0.5) is 0 Å². The minimum Gasteiger partial charge on any atom is -0.456 e. The van der Waals surface area contributed by atoms with Gasteiger partial charge >= 0.3 is 5.97 Å². The van der Waals surface area contributed by atoms with Gasteiger partial charge in [-0.15, -0.1) is 0 Å². The fourth-order valence-corrected chi connectivity index (χ4v) is 3.54. The molecule has 30 heavy (non-hydrogen) atoms. The predicted octanol–water partition coefficient (Wildman–Crippen LogP) is 3.32. The Morgan fingerprint density at radius 1 is 1.17 bits per heavy atom. The van der Waals surface area contributed by atoms with Crippen LogP contribution in [-0.4, -0.2) is 21.2 Å². The molecule has 1 unspecified atom stereocenters. The van der Waals surface area contributed by atoms with E-state index in [-0.39, 0.29) is 5.56 Å².